The van der Waals surface area contributed by atoms with Gasteiger partial charge in [-0.3, -0.25) is 0 Å². The van der Waals surface area contributed by atoms with Gasteiger partial charge in [0, 0.05) is 0 Å². The number of rotatable bonds is 2. The van der Waals surface area contributed by atoms with Gasteiger partial charge >= 0.3 is 18.0 Å². The summed E-state index contributed by atoms with van der Waals surface area (Å²) in [6.45, 7) is 0. The van der Waals surface area contributed by atoms with E-state index in [9.17, 15) is 14.4 Å². The van der Waals surface area contributed by atoms with E-state index in [1.807, 2.05) is 5.32 Å². The molecule has 0 saturated carbocycles. The van der Waals surface area contributed by atoms with Crippen LogP contribution in [0.15, 0.2) is 0 Å². The van der Waals surface area contributed by atoms with Gasteiger partial charge in [-0.1, -0.05) is 0 Å². The number of carbonyl (C=O) groups excluding carboxylic acids is 2. The molecule has 1 fully saturated rings. The summed E-state index contributed by atoms with van der Waals surface area (Å²) in [4.78, 5) is 31.9. The van der Waals surface area contributed by atoms with Crippen molar-refractivity contribution in [3.8, 4) is 0 Å². The number of cyclic esters (lactones) is 1. The predicted molar refractivity (Wildman–Crippen MR) is 36.8 cm³/mol. The molecule has 7 nitrogen and oxygen atoms in total. The first-order chi connectivity index (χ1) is 6.06. The van der Waals surface area contributed by atoms with Gasteiger partial charge in [0.25, 0.3) is 0 Å². The number of hydrogen-bond acceptors (Lipinski definition) is 5. The van der Waals surface area contributed by atoms with Gasteiger partial charge in [-0.15, -0.1) is 0 Å². The molecule has 0 spiro atoms. The molecule has 7 heteroatoms. The molecule has 0 aromatic carbocycles. The molecule has 1 amide bonds. The highest BCUT2D eigenvalue weighted by Gasteiger charge is 2.44. The van der Waals surface area contributed by atoms with Crippen LogP contribution in [0, 0.1) is 0 Å². The Morgan fingerprint density at radius 2 is 2.23 bits per heavy atom. The third-order valence-corrected chi connectivity index (χ3v) is 1.51. The molecule has 2 N–H and O–H groups in total. The summed E-state index contributed by atoms with van der Waals surface area (Å²) in [5, 5.41) is 10.5. The molecule has 1 heterocycles. The standard InChI is InChI=1S/C6H7NO6/c1-12-5(10)3-2(4(8)9)7-6(11)13-3/h2-3H,1H3,(H,7,11)(H,8,9). The van der Waals surface area contributed by atoms with Gasteiger partial charge in [-0.2, -0.15) is 0 Å². The van der Waals surface area contributed by atoms with Crippen LogP contribution in [0.5, 0.6) is 0 Å². The topological polar surface area (TPSA) is 102 Å². The maximum absolute atomic E-state index is 10.9. The van der Waals surface area contributed by atoms with E-state index in [0.717, 1.165) is 7.11 Å². The third kappa shape index (κ3) is 1.68. The first kappa shape index (κ1) is 9.30. The normalized spacial score (nSPS) is 26.1. The Morgan fingerprint density at radius 1 is 1.62 bits per heavy atom. The van der Waals surface area contributed by atoms with Crippen LogP contribution in [0.25, 0.3) is 0 Å². The molecule has 0 bridgehead atoms. The van der Waals surface area contributed by atoms with Gasteiger partial charge in [-0.25, -0.2) is 14.4 Å². The molecule has 72 valence electrons. The molecule has 1 rings (SSSR count). The Bertz CT molecular complexity index is 262. The van der Waals surface area contributed by atoms with E-state index < -0.39 is 30.2 Å². The minimum Gasteiger partial charge on any atom is -0.480 e. The number of nitrogens with one attached hydrogen (secondary N) is 1. The summed E-state index contributed by atoms with van der Waals surface area (Å²) < 4.78 is 8.63. The molecule has 0 aliphatic carbocycles. The maximum Gasteiger partial charge on any atom is 0.408 e. The lowest BCUT2D eigenvalue weighted by atomic mass is 10.2. The van der Waals surface area contributed by atoms with Crippen LogP contribution in [0.1, 0.15) is 0 Å². The summed E-state index contributed by atoms with van der Waals surface area (Å²) in [6, 6.07) is -1.38. The lowest BCUT2D eigenvalue weighted by molar-refractivity contribution is -0.155. The smallest absolute Gasteiger partial charge is 0.408 e. The fourth-order valence-electron chi connectivity index (χ4n) is 0.912. The molecule has 13 heavy (non-hydrogen) atoms. The predicted octanol–water partition coefficient (Wildman–Crippen LogP) is -1.28. The molecule has 2 atom stereocenters. The summed E-state index contributed by atoms with van der Waals surface area (Å²) >= 11 is 0. The van der Waals surface area contributed by atoms with Gasteiger partial charge in [0.05, 0.1) is 7.11 Å². The fourth-order valence-corrected chi connectivity index (χ4v) is 0.912. The number of esters is 1. The Morgan fingerprint density at radius 3 is 2.69 bits per heavy atom. The van der Waals surface area contributed by atoms with Crippen molar-refractivity contribution in [2.75, 3.05) is 7.11 Å². The molecule has 0 aromatic heterocycles. The van der Waals surface area contributed by atoms with Crippen molar-refractivity contribution in [2.24, 2.45) is 0 Å². The Hall–Kier alpha value is -1.79. The third-order valence-electron chi connectivity index (χ3n) is 1.51. The van der Waals surface area contributed by atoms with Crippen molar-refractivity contribution in [3.63, 3.8) is 0 Å². The first-order valence-electron chi connectivity index (χ1n) is 3.34. The van der Waals surface area contributed by atoms with Crippen molar-refractivity contribution in [1.29, 1.82) is 0 Å². The lowest BCUT2D eigenvalue weighted by Crippen LogP contribution is -2.43. The van der Waals surface area contributed by atoms with Crippen LogP contribution in [0.4, 0.5) is 4.79 Å². The van der Waals surface area contributed by atoms with E-state index in [4.69, 9.17) is 5.11 Å². The number of hydrogen-bond donors (Lipinski definition) is 2. The quantitative estimate of drug-likeness (QED) is 0.524. The van der Waals surface area contributed by atoms with E-state index in [1.165, 1.54) is 0 Å². The highest BCUT2D eigenvalue weighted by atomic mass is 16.6. The second kappa shape index (κ2) is 3.30. The highest BCUT2D eigenvalue weighted by Crippen LogP contribution is 2.10. The van der Waals surface area contributed by atoms with Crippen molar-refractivity contribution in [1.82, 2.24) is 5.32 Å². The number of methoxy groups -OCH3 is 1. The van der Waals surface area contributed by atoms with E-state index in [1.54, 1.807) is 0 Å². The Balaban J connectivity index is 2.77. The molecule has 0 aromatic rings. The summed E-state index contributed by atoms with van der Waals surface area (Å²) in [5.74, 6) is -2.24. The van der Waals surface area contributed by atoms with Gasteiger partial charge in [-0.05, 0) is 0 Å². The van der Waals surface area contributed by atoms with Gasteiger partial charge in [0.15, 0.2) is 6.04 Å². The molecule has 2 unspecified atom stereocenters. The number of carboxylic acid groups (broad SMARTS) is 1. The number of aliphatic carboxylic acids is 1. The first-order valence-corrected chi connectivity index (χ1v) is 3.34. The zero-order valence-corrected chi connectivity index (χ0v) is 6.64. The number of carboxylic acids is 1. The van der Waals surface area contributed by atoms with Crippen LogP contribution < -0.4 is 5.32 Å². The molecular weight excluding hydrogens is 182 g/mol. The van der Waals surface area contributed by atoms with Crippen LogP contribution in [0.2, 0.25) is 0 Å². The SMILES string of the molecule is COC(=O)C1OC(=O)NC1C(=O)O. The Kier molecular flexibility index (Phi) is 2.36. The summed E-state index contributed by atoms with van der Waals surface area (Å²) in [5.41, 5.74) is 0. The highest BCUT2D eigenvalue weighted by molar-refractivity contribution is 5.92. The van der Waals surface area contributed by atoms with Gasteiger partial charge < -0.3 is 19.9 Å². The molecule has 0 radical (unpaired) electrons. The fraction of sp³-hybridized carbons (Fsp3) is 0.500. The molecule has 1 aliphatic rings. The van der Waals surface area contributed by atoms with Crippen molar-refractivity contribution in [2.45, 2.75) is 12.1 Å². The number of alkyl carbamates (subject to hydrolysis) is 1. The maximum atomic E-state index is 10.9. The van der Waals surface area contributed by atoms with Crippen LogP contribution in [-0.2, 0) is 19.1 Å². The summed E-state index contributed by atoms with van der Waals surface area (Å²) in [7, 11) is 1.08. The summed E-state index contributed by atoms with van der Waals surface area (Å²) in [6.07, 6.45) is -2.35. The van der Waals surface area contributed by atoms with Gasteiger partial charge in [0.2, 0.25) is 6.10 Å². The minimum atomic E-state index is -1.41. The second-order valence-electron chi connectivity index (χ2n) is 2.31. The molecular formula is C6H7NO6. The average Bonchev–Trinajstić information content (AvgIpc) is 2.46. The minimum absolute atomic E-state index is 0.897. The second-order valence-corrected chi connectivity index (χ2v) is 2.31. The number of ether oxygens (including phenoxy) is 2. The average molecular weight is 189 g/mol. The van der Waals surface area contributed by atoms with E-state index in [-0.39, 0.29) is 0 Å². The largest absolute Gasteiger partial charge is 0.480 e. The van der Waals surface area contributed by atoms with E-state index in [2.05, 4.69) is 9.47 Å². The van der Waals surface area contributed by atoms with E-state index in [0.29, 0.717) is 0 Å². The molecule has 1 saturated heterocycles. The van der Waals surface area contributed by atoms with Crippen molar-refractivity contribution < 1.29 is 29.0 Å². The van der Waals surface area contributed by atoms with Crippen molar-refractivity contribution >= 4 is 18.0 Å². The van der Waals surface area contributed by atoms with E-state index >= 15 is 0 Å². The van der Waals surface area contributed by atoms with Crippen LogP contribution >= 0.6 is 0 Å². The molecule has 1 aliphatic heterocycles. The monoisotopic (exact) mass is 189 g/mol. The van der Waals surface area contributed by atoms with Gasteiger partial charge in [0.1, 0.15) is 0 Å². The number of carbonyl (C=O) groups is 3. The number of amides is 1. The zero-order chi connectivity index (χ0) is 10.0. The van der Waals surface area contributed by atoms with Crippen molar-refractivity contribution in [3.05, 3.63) is 0 Å². The van der Waals surface area contributed by atoms with Crippen LogP contribution in [-0.4, -0.2) is 42.4 Å². The zero-order valence-electron chi connectivity index (χ0n) is 6.64. The lowest BCUT2D eigenvalue weighted by Gasteiger charge is -2.09. The Labute approximate surface area is 72.6 Å². The van der Waals surface area contributed by atoms with Crippen LogP contribution in [0.3, 0.4) is 0 Å².